The van der Waals surface area contributed by atoms with Gasteiger partial charge in [-0.05, 0) is 45.4 Å². The molecule has 29 heavy (non-hydrogen) atoms. The number of ketones is 1. The second-order valence-electron chi connectivity index (χ2n) is 6.34. The predicted octanol–water partition coefficient (Wildman–Crippen LogP) is 3.46. The molecule has 3 rings (SSSR count). The van der Waals surface area contributed by atoms with E-state index >= 15 is 0 Å². The molecule has 3 aromatic rings. The minimum atomic E-state index is -0.451. The number of carbonyl (C=O) groups is 2. The fourth-order valence-electron chi connectivity index (χ4n) is 3.17. The number of nitrogens with zero attached hydrogens (tertiary/aromatic N) is 4. The molecule has 0 aliphatic heterocycles. The van der Waals surface area contributed by atoms with Crippen LogP contribution in [-0.4, -0.2) is 48.8 Å². The van der Waals surface area contributed by atoms with E-state index in [2.05, 4.69) is 20.2 Å². The highest BCUT2D eigenvalue weighted by molar-refractivity contribution is 7.99. The summed E-state index contributed by atoms with van der Waals surface area (Å²) in [6, 6.07) is 3.75. The summed E-state index contributed by atoms with van der Waals surface area (Å²) in [4.78, 5) is 31.9. The van der Waals surface area contributed by atoms with Gasteiger partial charge in [-0.1, -0.05) is 11.8 Å². The lowest BCUT2D eigenvalue weighted by Crippen LogP contribution is -2.09. The number of aromatic amines is 1. The third kappa shape index (κ3) is 4.24. The number of rotatable bonds is 8. The Morgan fingerprint density at radius 2 is 1.90 bits per heavy atom. The fraction of sp³-hybridized carbons (Fsp3) is 0.350. The van der Waals surface area contributed by atoms with Gasteiger partial charge in [0.05, 0.1) is 12.4 Å². The summed E-state index contributed by atoms with van der Waals surface area (Å²) < 4.78 is 7.01. The standard InChI is InChI=1S/C20H23N5O3S/c1-5-25-18(14-7-9-21-10-8-14)23-24-20(25)29-11-15(26)16-12(3)17(22-13(16)4)19(27)28-6-2/h7-10,22H,5-6,11H2,1-4H3. The topological polar surface area (TPSA) is 103 Å². The monoisotopic (exact) mass is 413 g/mol. The smallest absolute Gasteiger partial charge is 0.355 e. The second kappa shape index (κ2) is 9.04. The first-order valence-corrected chi connectivity index (χ1v) is 10.3. The van der Waals surface area contributed by atoms with Crippen LogP contribution in [0.3, 0.4) is 0 Å². The van der Waals surface area contributed by atoms with Crippen LogP contribution in [0.2, 0.25) is 0 Å². The van der Waals surface area contributed by atoms with E-state index in [1.165, 1.54) is 11.8 Å². The average molecular weight is 414 g/mol. The van der Waals surface area contributed by atoms with Crippen molar-refractivity contribution in [2.24, 2.45) is 0 Å². The molecule has 0 atom stereocenters. The van der Waals surface area contributed by atoms with Crippen LogP contribution >= 0.6 is 11.8 Å². The van der Waals surface area contributed by atoms with Crippen molar-refractivity contribution < 1.29 is 14.3 Å². The van der Waals surface area contributed by atoms with Gasteiger partial charge in [-0.25, -0.2) is 4.79 Å². The number of hydrogen-bond acceptors (Lipinski definition) is 7. The quantitative estimate of drug-likeness (QED) is 0.343. The zero-order valence-electron chi connectivity index (χ0n) is 16.9. The van der Waals surface area contributed by atoms with Crippen molar-refractivity contribution >= 4 is 23.5 Å². The van der Waals surface area contributed by atoms with Crippen LogP contribution in [0.5, 0.6) is 0 Å². The molecule has 0 amide bonds. The number of esters is 1. The number of ether oxygens (including phenoxy) is 1. The Morgan fingerprint density at radius 3 is 2.55 bits per heavy atom. The highest BCUT2D eigenvalue weighted by Crippen LogP contribution is 2.26. The van der Waals surface area contributed by atoms with Gasteiger partial charge in [-0.3, -0.25) is 9.78 Å². The molecule has 152 valence electrons. The van der Waals surface area contributed by atoms with Crippen LogP contribution in [0.4, 0.5) is 0 Å². The predicted molar refractivity (Wildman–Crippen MR) is 110 cm³/mol. The molecule has 0 saturated carbocycles. The van der Waals surface area contributed by atoms with E-state index < -0.39 is 5.97 Å². The minimum absolute atomic E-state index is 0.0760. The molecule has 0 fully saturated rings. The minimum Gasteiger partial charge on any atom is -0.461 e. The molecular weight excluding hydrogens is 390 g/mol. The third-order valence-corrected chi connectivity index (χ3v) is 5.47. The van der Waals surface area contributed by atoms with Crippen LogP contribution < -0.4 is 0 Å². The summed E-state index contributed by atoms with van der Waals surface area (Å²) in [6.07, 6.45) is 3.41. The summed E-state index contributed by atoms with van der Waals surface area (Å²) in [5, 5.41) is 9.20. The lowest BCUT2D eigenvalue weighted by molar-refractivity contribution is 0.0519. The molecule has 3 aromatic heterocycles. The first-order valence-electron chi connectivity index (χ1n) is 9.33. The maximum atomic E-state index is 12.9. The summed E-state index contributed by atoms with van der Waals surface area (Å²) in [5.41, 5.74) is 3.04. The summed E-state index contributed by atoms with van der Waals surface area (Å²) in [5.74, 6) is 0.403. The number of aromatic nitrogens is 5. The fourth-order valence-corrected chi connectivity index (χ4v) is 4.05. The van der Waals surface area contributed by atoms with E-state index in [1.54, 1.807) is 33.2 Å². The molecule has 0 unspecified atom stereocenters. The molecule has 0 radical (unpaired) electrons. The summed E-state index contributed by atoms with van der Waals surface area (Å²) in [6.45, 7) is 8.24. The van der Waals surface area contributed by atoms with Crippen LogP contribution in [0.25, 0.3) is 11.4 Å². The molecule has 9 heteroatoms. The number of nitrogens with one attached hydrogen (secondary N) is 1. The Morgan fingerprint density at radius 1 is 1.17 bits per heavy atom. The van der Waals surface area contributed by atoms with E-state index in [4.69, 9.17) is 4.74 Å². The van der Waals surface area contributed by atoms with Crippen molar-refractivity contribution in [3.05, 3.63) is 47.0 Å². The SMILES string of the molecule is CCOC(=O)c1[nH]c(C)c(C(=O)CSc2nnc(-c3ccncc3)n2CC)c1C. The molecule has 0 aliphatic carbocycles. The Balaban J connectivity index is 1.78. The van der Waals surface area contributed by atoms with Crippen LogP contribution in [0.1, 0.15) is 46.0 Å². The molecule has 0 saturated heterocycles. The first-order chi connectivity index (χ1) is 14.0. The molecular formula is C20H23N5O3S. The number of H-pyrrole nitrogens is 1. The molecule has 1 N–H and O–H groups in total. The molecule has 0 bridgehead atoms. The van der Waals surface area contributed by atoms with E-state index in [-0.39, 0.29) is 18.1 Å². The van der Waals surface area contributed by atoms with Gasteiger partial charge in [0, 0.05) is 35.8 Å². The number of hydrogen-bond donors (Lipinski definition) is 1. The highest BCUT2D eigenvalue weighted by atomic mass is 32.2. The lowest BCUT2D eigenvalue weighted by Gasteiger charge is -2.07. The second-order valence-corrected chi connectivity index (χ2v) is 7.29. The Hall–Kier alpha value is -2.94. The zero-order valence-corrected chi connectivity index (χ0v) is 17.7. The highest BCUT2D eigenvalue weighted by Gasteiger charge is 2.23. The maximum Gasteiger partial charge on any atom is 0.355 e. The van der Waals surface area contributed by atoms with Crippen molar-refractivity contribution in [2.75, 3.05) is 12.4 Å². The van der Waals surface area contributed by atoms with Gasteiger partial charge in [0.2, 0.25) is 0 Å². The lowest BCUT2D eigenvalue weighted by atomic mass is 10.1. The van der Waals surface area contributed by atoms with Crippen LogP contribution in [0.15, 0.2) is 29.7 Å². The zero-order chi connectivity index (χ0) is 21.0. The number of aryl methyl sites for hydroxylation is 1. The molecule has 3 heterocycles. The van der Waals surface area contributed by atoms with Gasteiger partial charge in [-0.15, -0.1) is 10.2 Å². The normalized spacial score (nSPS) is 10.9. The van der Waals surface area contributed by atoms with Crippen molar-refractivity contribution in [2.45, 2.75) is 39.4 Å². The van der Waals surface area contributed by atoms with Crippen molar-refractivity contribution in [3.8, 4) is 11.4 Å². The average Bonchev–Trinajstić information content (AvgIpc) is 3.27. The molecule has 8 nitrogen and oxygen atoms in total. The van der Waals surface area contributed by atoms with Gasteiger partial charge >= 0.3 is 5.97 Å². The number of Topliss-reactive ketones (excluding diaryl/α,β-unsaturated/α-hetero) is 1. The molecule has 0 aromatic carbocycles. The summed E-state index contributed by atoms with van der Waals surface area (Å²) >= 11 is 1.33. The van der Waals surface area contributed by atoms with E-state index in [0.29, 0.717) is 34.2 Å². The Kier molecular flexibility index (Phi) is 6.48. The van der Waals surface area contributed by atoms with Gasteiger partial charge in [-0.2, -0.15) is 0 Å². The van der Waals surface area contributed by atoms with E-state index in [9.17, 15) is 9.59 Å². The number of thioether (sulfide) groups is 1. The Labute approximate surface area is 173 Å². The van der Waals surface area contributed by atoms with Crippen LogP contribution in [0, 0.1) is 13.8 Å². The van der Waals surface area contributed by atoms with Crippen molar-refractivity contribution in [1.82, 2.24) is 24.7 Å². The van der Waals surface area contributed by atoms with E-state index in [0.717, 1.165) is 11.4 Å². The number of carbonyl (C=O) groups excluding carboxylic acids is 2. The summed E-state index contributed by atoms with van der Waals surface area (Å²) in [7, 11) is 0. The van der Waals surface area contributed by atoms with Gasteiger partial charge < -0.3 is 14.3 Å². The van der Waals surface area contributed by atoms with Gasteiger partial charge in [0.25, 0.3) is 0 Å². The molecule has 0 aliphatic rings. The first kappa shape index (κ1) is 20.8. The van der Waals surface area contributed by atoms with Crippen molar-refractivity contribution in [1.29, 1.82) is 0 Å². The third-order valence-electron chi connectivity index (χ3n) is 4.50. The van der Waals surface area contributed by atoms with E-state index in [1.807, 2.05) is 23.6 Å². The van der Waals surface area contributed by atoms with Crippen molar-refractivity contribution in [3.63, 3.8) is 0 Å². The largest absolute Gasteiger partial charge is 0.461 e. The molecule has 0 spiro atoms. The maximum absolute atomic E-state index is 12.9. The Bertz CT molecular complexity index is 1030. The van der Waals surface area contributed by atoms with Crippen LogP contribution in [-0.2, 0) is 11.3 Å². The van der Waals surface area contributed by atoms with Gasteiger partial charge in [0.15, 0.2) is 16.8 Å². The number of pyridine rings is 1. The van der Waals surface area contributed by atoms with Gasteiger partial charge in [0.1, 0.15) is 5.69 Å².